The zero-order chi connectivity index (χ0) is 11.4. The number of hydrogen-bond acceptors (Lipinski definition) is 5. The molecule has 6 heteroatoms. The maximum absolute atomic E-state index is 10.9. The summed E-state index contributed by atoms with van der Waals surface area (Å²) in [7, 11) is 1.27. The molecule has 0 fully saturated rings. The number of hydrogen-bond donors (Lipinski definition) is 3. The maximum Gasteiger partial charge on any atom is 0.307 e. The number of carbonyl (C=O) groups excluding carboxylic acids is 1. The van der Waals surface area contributed by atoms with Crippen molar-refractivity contribution in [2.24, 2.45) is 5.73 Å². The lowest BCUT2D eigenvalue weighted by molar-refractivity contribution is -0.141. The highest BCUT2D eigenvalue weighted by molar-refractivity contribution is 5.85. The molecule has 0 saturated carbocycles. The first kappa shape index (κ1) is 14.5. The van der Waals surface area contributed by atoms with Gasteiger partial charge in [-0.05, 0) is 17.7 Å². The van der Waals surface area contributed by atoms with Crippen LogP contribution in [0, 0.1) is 0 Å². The summed E-state index contributed by atoms with van der Waals surface area (Å²) in [6.07, 6.45) is -0.000602. The van der Waals surface area contributed by atoms with Gasteiger partial charge in [-0.15, -0.1) is 12.4 Å². The van der Waals surface area contributed by atoms with Gasteiger partial charge in [0.1, 0.15) is 11.5 Å². The smallest absolute Gasteiger partial charge is 0.307 e. The van der Waals surface area contributed by atoms with Gasteiger partial charge < -0.3 is 20.7 Å². The Balaban J connectivity index is 0.00000225. The molecule has 5 nitrogen and oxygen atoms in total. The van der Waals surface area contributed by atoms with E-state index in [9.17, 15) is 15.0 Å². The maximum atomic E-state index is 10.9. The van der Waals surface area contributed by atoms with Crippen LogP contribution in [0.15, 0.2) is 18.2 Å². The lowest BCUT2D eigenvalue weighted by Gasteiger charge is -2.11. The highest BCUT2D eigenvalue weighted by Crippen LogP contribution is 2.25. The van der Waals surface area contributed by atoms with Crippen molar-refractivity contribution in [1.29, 1.82) is 0 Å². The van der Waals surface area contributed by atoms with Crippen molar-refractivity contribution >= 4 is 18.4 Å². The molecule has 0 heterocycles. The first-order valence-electron chi connectivity index (χ1n) is 4.38. The first-order chi connectivity index (χ1) is 7.02. The van der Waals surface area contributed by atoms with Crippen LogP contribution in [0.4, 0.5) is 0 Å². The van der Waals surface area contributed by atoms with E-state index in [0.29, 0.717) is 5.56 Å². The van der Waals surface area contributed by atoms with Gasteiger partial charge in [0.25, 0.3) is 0 Å². The van der Waals surface area contributed by atoms with Gasteiger partial charge in [0.05, 0.1) is 13.5 Å². The number of esters is 1. The number of benzene rings is 1. The molecule has 0 spiro atoms. The minimum atomic E-state index is -0.601. The molecule has 1 aromatic rings. The molecule has 0 bridgehead atoms. The van der Waals surface area contributed by atoms with Crippen LogP contribution in [0.2, 0.25) is 0 Å². The molecule has 90 valence electrons. The summed E-state index contributed by atoms with van der Waals surface area (Å²) in [4.78, 5) is 10.9. The molecule has 0 radical (unpaired) electrons. The van der Waals surface area contributed by atoms with Crippen molar-refractivity contribution in [3.05, 3.63) is 23.8 Å². The van der Waals surface area contributed by atoms with Gasteiger partial charge in [0.15, 0.2) is 0 Å². The topological polar surface area (TPSA) is 92.8 Å². The number of phenols is 2. The van der Waals surface area contributed by atoms with Crippen LogP contribution < -0.4 is 5.73 Å². The molecule has 0 aromatic heterocycles. The summed E-state index contributed by atoms with van der Waals surface area (Å²) in [5.74, 6) is -0.624. The van der Waals surface area contributed by atoms with E-state index in [1.165, 1.54) is 25.3 Å². The Hall–Kier alpha value is -1.46. The number of rotatable bonds is 3. The number of nitrogens with two attached hydrogens (primary N) is 1. The average Bonchev–Trinajstić information content (AvgIpc) is 2.16. The van der Waals surface area contributed by atoms with E-state index in [2.05, 4.69) is 4.74 Å². The number of carbonyl (C=O) groups is 1. The summed E-state index contributed by atoms with van der Waals surface area (Å²) < 4.78 is 4.46. The number of halogens is 1. The fraction of sp³-hybridized carbons (Fsp3) is 0.300. The zero-order valence-electron chi connectivity index (χ0n) is 8.71. The van der Waals surface area contributed by atoms with Crippen LogP contribution in [0.3, 0.4) is 0 Å². The van der Waals surface area contributed by atoms with Crippen LogP contribution in [-0.4, -0.2) is 23.3 Å². The van der Waals surface area contributed by atoms with Gasteiger partial charge in [0.2, 0.25) is 0 Å². The minimum Gasteiger partial charge on any atom is -0.508 e. The molecule has 1 rings (SSSR count). The van der Waals surface area contributed by atoms with Crippen molar-refractivity contribution in [3.8, 4) is 11.5 Å². The standard InChI is InChI=1S/C10H13NO4.ClH/c1-15-10(14)5-9(11)6-2-7(12)4-8(13)3-6;/h2-4,9,12-13H,5,11H2,1H3;1H/t9-;/m0./s1. The Morgan fingerprint density at radius 3 is 2.31 bits per heavy atom. The van der Waals surface area contributed by atoms with E-state index in [4.69, 9.17) is 5.73 Å². The quantitative estimate of drug-likeness (QED) is 0.695. The Labute approximate surface area is 99.2 Å². The molecular formula is C10H14ClNO4. The normalized spacial score (nSPS) is 11.4. The van der Waals surface area contributed by atoms with Gasteiger partial charge in [-0.25, -0.2) is 0 Å². The van der Waals surface area contributed by atoms with Crippen LogP contribution in [0.5, 0.6) is 11.5 Å². The molecular weight excluding hydrogens is 234 g/mol. The van der Waals surface area contributed by atoms with E-state index in [0.717, 1.165) is 0 Å². The second-order valence-corrected chi connectivity index (χ2v) is 3.17. The summed E-state index contributed by atoms with van der Waals surface area (Å²) >= 11 is 0. The Kier molecular flexibility index (Phi) is 5.63. The average molecular weight is 248 g/mol. The summed E-state index contributed by atoms with van der Waals surface area (Å²) in [6.45, 7) is 0. The van der Waals surface area contributed by atoms with Crippen molar-refractivity contribution in [1.82, 2.24) is 0 Å². The van der Waals surface area contributed by atoms with Crippen LogP contribution in [-0.2, 0) is 9.53 Å². The largest absolute Gasteiger partial charge is 0.508 e. The second-order valence-electron chi connectivity index (χ2n) is 3.17. The SMILES string of the molecule is COC(=O)C[C@H](N)c1cc(O)cc(O)c1.Cl. The van der Waals surface area contributed by atoms with Crippen molar-refractivity contribution in [3.63, 3.8) is 0 Å². The highest BCUT2D eigenvalue weighted by atomic mass is 35.5. The molecule has 0 aliphatic rings. The Morgan fingerprint density at radius 2 is 1.88 bits per heavy atom. The summed E-state index contributed by atoms with van der Waals surface area (Å²) in [5.41, 5.74) is 6.17. The minimum absolute atomic E-state index is 0. The second kappa shape index (κ2) is 6.19. The fourth-order valence-electron chi connectivity index (χ4n) is 1.21. The van der Waals surface area contributed by atoms with Crippen LogP contribution in [0.25, 0.3) is 0 Å². The third-order valence-electron chi connectivity index (χ3n) is 1.97. The Morgan fingerprint density at radius 1 is 1.38 bits per heavy atom. The summed E-state index contributed by atoms with van der Waals surface area (Å²) in [5, 5.41) is 18.4. The lowest BCUT2D eigenvalue weighted by Crippen LogP contribution is -2.16. The van der Waals surface area contributed by atoms with E-state index < -0.39 is 12.0 Å². The van der Waals surface area contributed by atoms with Gasteiger partial charge in [-0.1, -0.05) is 0 Å². The molecule has 0 amide bonds. The molecule has 1 atom stereocenters. The van der Waals surface area contributed by atoms with E-state index >= 15 is 0 Å². The molecule has 0 aliphatic heterocycles. The van der Waals surface area contributed by atoms with Crippen molar-refractivity contribution in [2.45, 2.75) is 12.5 Å². The van der Waals surface area contributed by atoms with Crippen molar-refractivity contribution in [2.75, 3.05) is 7.11 Å². The number of methoxy groups -OCH3 is 1. The molecule has 0 unspecified atom stereocenters. The first-order valence-corrected chi connectivity index (χ1v) is 4.38. The van der Waals surface area contributed by atoms with Gasteiger partial charge in [0, 0.05) is 12.1 Å². The van der Waals surface area contributed by atoms with Crippen LogP contribution >= 0.6 is 12.4 Å². The zero-order valence-corrected chi connectivity index (χ0v) is 9.53. The molecule has 0 saturated heterocycles. The fourth-order valence-corrected chi connectivity index (χ4v) is 1.21. The third-order valence-corrected chi connectivity index (χ3v) is 1.97. The Bertz CT molecular complexity index is 350. The number of ether oxygens (including phenoxy) is 1. The van der Waals surface area contributed by atoms with Crippen molar-refractivity contribution < 1.29 is 19.7 Å². The van der Waals surface area contributed by atoms with E-state index in [1.54, 1.807) is 0 Å². The molecule has 4 N–H and O–H groups in total. The monoisotopic (exact) mass is 247 g/mol. The van der Waals surface area contributed by atoms with Gasteiger partial charge >= 0.3 is 5.97 Å². The molecule has 16 heavy (non-hydrogen) atoms. The van der Waals surface area contributed by atoms with Gasteiger partial charge in [-0.2, -0.15) is 0 Å². The molecule has 0 aliphatic carbocycles. The van der Waals surface area contributed by atoms with E-state index in [-0.39, 0.29) is 30.3 Å². The lowest BCUT2D eigenvalue weighted by atomic mass is 10.0. The van der Waals surface area contributed by atoms with E-state index in [1.807, 2.05) is 0 Å². The van der Waals surface area contributed by atoms with Crippen LogP contribution in [0.1, 0.15) is 18.0 Å². The number of aromatic hydroxyl groups is 2. The molecule has 1 aromatic carbocycles. The highest BCUT2D eigenvalue weighted by Gasteiger charge is 2.13. The number of phenolic OH excluding ortho intramolecular Hbond substituents is 2. The third kappa shape index (κ3) is 3.96. The predicted molar refractivity (Wildman–Crippen MR) is 60.6 cm³/mol. The summed E-state index contributed by atoms with van der Waals surface area (Å²) in [6, 6.07) is 3.38. The predicted octanol–water partition coefficient (Wildman–Crippen LogP) is 1.08. The van der Waals surface area contributed by atoms with Gasteiger partial charge in [-0.3, -0.25) is 4.79 Å².